The number of benzene rings is 3. The Morgan fingerprint density at radius 3 is 2.22 bits per heavy atom. The zero-order chi connectivity index (χ0) is 29.6. The minimum absolute atomic E-state index is 0.128. The molecule has 1 fully saturated rings. The molecule has 3 aromatic carbocycles. The van der Waals surface area contributed by atoms with Crippen molar-refractivity contribution in [1.82, 2.24) is 5.32 Å². The molecule has 0 aromatic heterocycles. The average molecular weight is 568 g/mol. The fourth-order valence-corrected chi connectivity index (χ4v) is 4.99. The first kappa shape index (κ1) is 29.6. The van der Waals surface area contributed by atoms with E-state index in [-0.39, 0.29) is 24.3 Å². The summed E-state index contributed by atoms with van der Waals surface area (Å²) >= 11 is 0. The second-order valence-corrected chi connectivity index (χ2v) is 10.1. The number of rotatable bonds is 8. The summed E-state index contributed by atoms with van der Waals surface area (Å²) in [6.45, 7) is 3.24. The average Bonchev–Trinajstić information content (AvgIpc) is 2.96. The van der Waals surface area contributed by atoms with E-state index in [1.165, 1.54) is 19.2 Å². The van der Waals surface area contributed by atoms with Crippen molar-refractivity contribution < 1.29 is 32.3 Å². The van der Waals surface area contributed by atoms with Crippen molar-refractivity contribution in [2.75, 3.05) is 37.0 Å². The largest absolute Gasteiger partial charge is 0.468 e. The maximum Gasteiger partial charge on any atom is 0.416 e. The van der Waals surface area contributed by atoms with Crippen LogP contribution in [0.3, 0.4) is 0 Å². The normalized spacial score (nSPS) is 13.9. The standard InChI is InChI=1S/C31H32F3N3O4/c1-20-4-3-5-26(29(20)22-6-8-23(9-7-22)31(32,33)34)30(40)36-24-10-12-25(13-11-24)37-16-14-21(15-17-37)18-27(38)35-19-28(39)41-2/h3-13,21H,14-19H2,1-2H3,(H,35,38)(H,36,40). The Morgan fingerprint density at radius 2 is 1.61 bits per heavy atom. The Hall–Kier alpha value is -4.34. The Balaban J connectivity index is 1.36. The van der Waals surface area contributed by atoms with Crippen LogP contribution in [-0.4, -0.2) is 44.5 Å². The molecule has 0 bridgehead atoms. The van der Waals surface area contributed by atoms with Crippen LogP contribution in [0.5, 0.6) is 0 Å². The van der Waals surface area contributed by atoms with Gasteiger partial charge in [-0.25, -0.2) is 0 Å². The predicted octanol–water partition coefficient (Wildman–Crippen LogP) is 5.83. The van der Waals surface area contributed by atoms with Crippen LogP contribution in [0.1, 0.15) is 40.7 Å². The molecule has 0 radical (unpaired) electrons. The van der Waals surface area contributed by atoms with Gasteiger partial charge in [0, 0.05) is 36.4 Å². The van der Waals surface area contributed by atoms with E-state index in [0.29, 0.717) is 28.8 Å². The van der Waals surface area contributed by atoms with Gasteiger partial charge in [-0.05, 0) is 84.8 Å². The van der Waals surface area contributed by atoms with Gasteiger partial charge in [0.2, 0.25) is 5.91 Å². The molecule has 1 aliphatic rings. The van der Waals surface area contributed by atoms with Gasteiger partial charge in [0.1, 0.15) is 6.54 Å². The number of esters is 1. The Morgan fingerprint density at radius 1 is 0.951 bits per heavy atom. The molecule has 41 heavy (non-hydrogen) atoms. The number of nitrogens with one attached hydrogen (secondary N) is 2. The van der Waals surface area contributed by atoms with Gasteiger partial charge >= 0.3 is 12.1 Å². The SMILES string of the molecule is COC(=O)CNC(=O)CC1CCN(c2ccc(NC(=O)c3cccc(C)c3-c3ccc(C(F)(F)F)cc3)cc2)CC1. The summed E-state index contributed by atoms with van der Waals surface area (Å²) in [6.07, 6.45) is -2.40. The summed E-state index contributed by atoms with van der Waals surface area (Å²) in [5, 5.41) is 5.48. The molecule has 2 amide bonds. The molecule has 1 saturated heterocycles. The van der Waals surface area contributed by atoms with Crippen LogP contribution in [0.25, 0.3) is 11.1 Å². The van der Waals surface area contributed by atoms with Gasteiger partial charge in [0.05, 0.1) is 12.7 Å². The van der Waals surface area contributed by atoms with E-state index in [1.807, 2.05) is 37.3 Å². The number of hydrogen-bond acceptors (Lipinski definition) is 5. The van der Waals surface area contributed by atoms with Gasteiger partial charge in [0.25, 0.3) is 5.91 Å². The number of methoxy groups -OCH3 is 1. The minimum atomic E-state index is -4.43. The van der Waals surface area contributed by atoms with E-state index in [0.717, 1.165) is 49.3 Å². The summed E-state index contributed by atoms with van der Waals surface area (Å²) in [7, 11) is 1.28. The quantitative estimate of drug-likeness (QED) is 0.335. The number of ether oxygens (including phenoxy) is 1. The highest BCUT2D eigenvalue weighted by Crippen LogP contribution is 2.33. The molecular formula is C31H32F3N3O4. The number of carbonyl (C=O) groups excluding carboxylic acids is 3. The van der Waals surface area contributed by atoms with Crippen LogP contribution in [0, 0.1) is 12.8 Å². The number of piperidine rings is 1. The van der Waals surface area contributed by atoms with Gasteiger partial charge in [-0.3, -0.25) is 14.4 Å². The smallest absolute Gasteiger partial charge is 0.416 e. The first-order valence-corrected chi connectivity index (χ1v) is 13.3. The van der Waals surface area contributed by atoms with Crippen molar-refractivity contribution in [3.63, 3.8) is 0 Å². The van der Waals surface area contributed by atoms with E-state index >= 15 is 0 Å². The molecule has 3 aromatic rings. The molecule has 10 heteroatoms. The Kier molecular flexibility index (Phi) is 9.31. The van der Waals surface area contributed by atoms with Crippen LogP contribution < -0.4 is 15.5 Å². The molecule has 1 heterocycles. The molecule has 0 atom stereocenters. The molecule has 0 saturated carbocycles. The van der Waals surface area contributed by atoms with Gasteiger partial charge in [-0.15, -0.1) is 0 Å². The molecule has 0 spiro atoms. The van der Waals surface area contributed by atoms with Crippen molar-refractivity contribution in [3.8, 4) is 11.1 Å². The fourth-order valence-electron chi connectivity index (χ4n) is 4.99. The molecule has 0 aliphatic carbocycles. The van der Waals surface area contributed by atoms with Crippen LogP contribution in [-0.2, 0) is 20.5 Å². The van der Waals surface area contributed by atoms with Crippen molar-refractivity contribution >= 4 is 29.2 Å². The van der Waals surface area contributed by atoms with E-state index in [4.69, 9.17) is 0 Å². The van der Waals surface area contributed by atoms with Gasteiger partial charge in [-0.1, -0.05) is 24.3 Å². The van der Waals surface area contributed by atoms with Crippen LogP contribution in [0.15, 0.2) is 66.7 Å². The minimum Gasteiger partial charge on any atom is -0.468 e. The number of nitrogens with zero attached hydrogens (tertiary/aromatic N) is 1. The molecule has 7 nitrogen and oxygen atoms in total. The number of halogens is 3. The molecular weight excluding hydrogens is 535 g/mol. The third-order valence-electron chi connectivity index (χ3n) is 7.25. The van der Waals surface area contributed by atoms with Gasteiger partial charge < -0.3 is 20.3 Å². The second-order valence-electron chi connectivity index (χ2n) is 10.1. The zero-order valence-electron chi connectivity index (χ0n) is 22.9. The first-order valence-electron chi connectivity index (χ1n) is 13.3. The first-order chi connectivity index (χ1) is 19.5. The van der Waals surface area contributed by atoms with Gasteiger partial charge in [-0.2, -0.15) is 13.2 Å². The molecule has 0 unspecified atom stereocenters. The van der Waals surface area contributed by atoms with Crippen LogP contribution in [0.4, 0.5) is 24.5 Å². The monoisotopic (exact) mass is 567 g/mol. The Bertz CT molecular complexity index is 1380. The third-order valence-corrected chi connectivity index (χ3v) is 7.25. The maximum absolute atomic E-state index is 13.2. The lowest BCUT2D eigenvalue weighted by atomic mass is 9.93. The van der Waals surface area contributed by atoms with Crippen molar-refractivity contribution in [2.24, 2.45) is 5.92 Å². The summed E-state index contributed by atoms with van der Waals surface area (Å²) in [4.78, 5) is 38.7. The molecule has 1 aliphatic heterocycles. The van der Waals surface area contributed by atoms with Crippen molar-refractivity contribution in [2.45, 2.75) is 32.4 Å². The van der Waals surface area contributed by atoms with Crippen LogP contribution in [0.2, 0.25) is 0 Å². The molecule has 216 valence electrons. The fraction of sp³-hybridized carbons (Fsp3) is 0.323. The molecule has 4 rings (SSSR count). The summed E-state index contributed by atoms with van der Waals surface area (Å²) in [5.41, 5.74) is 3.10. The van der Waals surface area contributed by atoms with Crippen LogP contribution >= 0.6 is 0 Å². The number of alkyl halides is 3. The predicted molar refractivity (Wildman–Crippen MR) is 151 cm³/mol. The highest BCUT2D eigenvalue weighted by molar-refractivity contribution is 6.09. The summed E-state index contributed by atoms with van der Waals surface area (Å²) < 4.78 is 43.6. The lowest BCUT2D eigenvalue weighted by Crippen LogP contribution is -2.37. The van der Waals surface area contributed by atoms with Gasteiger partial charge in [0.15, 0.2) is 0 Å². The summed E-state index contributed by atoms with van der Waals surface area (Å²) in [5.74, 6) is -0.770. The maximum atomic E-state index is 13.2. The highest BCUT2D eigenvalue weighted by atomic mass is 19.4. The van der Waals surface area contributed by atoms with E-state index in [2.05, 4.69) is 20.3 Å². The van der Waals surface area contributed by atoms with E-state index < -0.39 is 17.7 Å². The topological polar surface area (TPSA) is 87.7 Å². The number of anilines is 2. The third kappa shape index (κ3) is 7.65. The lowest BCUT2D eigenvalue weighted by Gasteiger charge is -2.33. The number of hydrogen-bond donors (Lipinski definition) is 2. The van der Waals surface area contributed by atoms with E-state index in [1.54, 1.807) is 12.1 Å². The highest BCUT2D eigenvalue weighted by Gasteiger charge is 2.30. The lowest BCUT2D eigenvalue weighted by molar-refractivity contribution is -0.141. The zero-order valence-corrected chi connectivity index (χ0v) is 22.9. The number of amides is 2. The number of carbonyl (C=O) groups is 3. The van der Waals surface area contributed by atoms with Crippen molar-refractivity contribution in [3.05, 3.63) is 83.4 Å². The number of aryl methyl sites for hydroxylation is 1. The molecule has 2 N–H and O–H groups in total. The van der Waals surface area contributed by atoms with E-state index in [9.17, 15) is 27.6 Å². The summed E-state index contributed by atoms with van der Waals surface area (Å²) in [6, 6.07) is 17.5. The Labute approximate surface area is 236 Å². The van der Waals surface area contributed by atoms with Crippen molar-refractivity contribution in [1.29, 1.82) is 0 Å². The second kappa shape index (κ2) is 12.9.